The van der Waals surface area contributed by atoms with Gasteiger partial charge < -0.3 is 14.3 Å². The van der Waals surface area contributed by atoms with Crippen molar-refractivity contribution in [3.05, 3.63) is 46.1 Å². The van der Waals surface area contributed by atoms with E-state index in [1.54, 1.807) is 6.92 Å². The Balaban J connectivity index is 2.48. The first-order chi connectivity index (χ1) is 12.3. The van der Waals surface area contributed by atoms with Gasteiger partial charge in [0.25, 0.3) is 0 Å². The Morgan fingerprint density at radius 3 is 2.54 bits per heavy atom. The molecule has 3 rings (SSSR count). The van der Waals surface area contributed by atoms with Gasteiger partial charge in [-0.3, -0.25) is 4.79 Å². The number of methoxy groups -OCH3 is 1. The first-order valence-electron chi connectivity index (χ1n) is 7.83. The van der Waals surface area contributed by atoms with Gasteiger partial charge in [-0.2, -0.15) is 0 Å². The van der Waals surface area contributed by atoms with Crippen LogP contribution in [0.5, 0.6) is 5.75 Å². The van der Waals surface area contributed by atoms with Gasteiger partial charge in [0.1, 0.15) is 16.2 Å². The largest absolute Gasteiger partial charge is 0.497 e. The van der Waals surface area contributed by atoms with Crippen LogP contribution in [0.25, 0.3) is 21.9 Å². The van der Waals surface area contributed by atoms with Crippen LogP contribution in [0.1, 0.15) is 23.7 Å². The number of sulfone groups is 1. The predicted molar refractivity (Wildman–Crippen MR) is 95.8 cm³/mol. The molecule has 8 heteroatoms. The average Bonchev–Trinajstić information content (AvgIpc) is 2.60. The molecule has 0 bridgehead atoms. The van der Waals surface area contributed by atoms with E-state index in [4.69, 9.17) is 14.3 Å². The highest BCUT2D eigenvalue weighted by Gasteiger charge is 2.23. The van der Waals surface area contributed by atoms with E-state index in [1.807, 2.05) is 0 Å². The molecule has 1 heterocycles. The van der Waals surface area contributed by atoms with Gasteiger partial charge in [-0.15, -0.1) is 0 Å². The second-order valence-corrected chi connectivity index (χ2v) is 7.85. The van der Waals surface area contributed by atoms with Crippen molar-refractivity contribution in [2.24, 2.45) is 0 Å². The van der Waals surface area contributed by atoms with Crippen molar-refractivity contribution in [1.29, 1.82) is 0 Å². The summed E-state index contributed by atoms with van der Waals surface area (Å²) < 4.78 is 36.0. The number of aromatic carboxylic acids is 1. The lowest BCUT2D eigenvalue weighted by atomic mass is 10.1. The van der Waals surface area contributed by atoms with E-state index in [0.29, 0.717) is 6.42 Å². The zero-order valence-electron chi connectivity index (χ0n) is 14.1. The monoisotopic (exact) mass is 376 g/mol. The zero-order valence-corrected chi connectivity index (χ0v) is 14.9. The van der Waals surface area contributed by atoms with Crippen molar-refractivity contribution < 1.29 is 27.5 Å². The van der Waals surface area contributed by atoms with E-state index in [9.17, 15) is 18.0 Å². The summed E-state index contributed by atoms with van der Waals surface area (Å²) in [7, 11) is -2.32. The molecule has 0 saturated heterocycles. The number of benzene rings is 2. The molecule has 26 heavy (non-hydrogen) atoms. The van der Waals surface area contributed by atoms with E-state index < -0.39 is 21.2 Å². The summed E-state index contributed by atoms with van der Waals surface area (Å²) in [6, 6.07) is 6.57. The van der Waals surface area contributed by atoms with Crippen LogP contribution in [0.3, 0.4) is 0 Å². The summed E-state index contributed by atoms with van der Waals surface area (Å²) in [6.45, 7) is 1.74. The summed E-state index contributed by atoms with van der Waals surface area (Å²) in [5.74, 6) is -1.08. The Labute approximate surface area is 148 Å². The van der Waals surface area contributed by atoms with Crippen LogP contribution in [0.4, 0.5) is 0 Å². The number of carbonyl (C=O) groups is 1. The zero-order chi connectivity index (χ0) is 19.1. The maximum atomic E-state index is 12.9. The van der Waals surface area contributed by atoms with E-state index in [1.165, 1.54) is 37.4 Å². The average molecular weight is 376 g/mol. The minimum absolute atomic E-state index is 0.0223. The lowest BCUT2D eigenvalue weighted by Gasteiger charge is -2.10. The molecule has 7 nitrogen and oxygen atoms in total. The predicted octanol–water partition coefficient (Wildman–Crippen LogP) is 2.84. The topological polar surface area (TPSA) is 111 Å². The highest BCUT2D eigenvalue weighted by Crippen LogP contribution is 2.30. The van der Waals surface area contributed by atoms with Crippen molar-refractivity contribution >= 4 is 37.7 Å². The van der Waals surface area contributed by atoms with E-state index >= 15 is 0 Å². The number of carboxylic acids is 1. The Bertz CT molecular complexity index is 1190. The second-order valence-electron chi connectivity index (χ2n) is 5.77. The fraction of sp³-hybridized carbons (Fsp3) is 0.222. The van der Waals surface area contributed by atoms with Gasteiger partial charge in [0, 0.05) is 6.07 Å². The molecule has 0 aliphatic rings. The summed E-state index contributed by atoms with van der Waals surface area (Å²) in [4.78, 5) is 23.9. The number of ether oxygens (including phenoxy) is 1. The number of hydrogen-bond acceptors (Lipinski definition) is 6. The molecule has 0 amide bonds. The fourth-order valence-electron chi connectivity index (χ4n) is 2.76. The third-order valence-corrected chi connectivity index (χ3v) is 5.92. The van der Waals surface area contributed by atoms with Crippen LogP contribution in [-0.4, -0.2) is 32.4 Å². The maximum Gasteiger partial charge on any atom is 0.335 e. The molecule has 1 aromatic heterocycles. The molecular weight excluding hydrogens is 360 g/mol. The normalized spacial score (nSPS) is 11.8. The molecule has 3 aromatic rings. The van der Waals surface area contributed by atoms with Gasteiger partial charge in [-0.1, -0.05) is 6.92 Å². The minimum Gasteiger partial charge on any atom is -0.497 e. The Morgan fingerprint density at radius 2 is 1.92 bits per heavy atom. The lowest BCUT2D eigenvalue weighted by Crippen LogP contribution is -2.10. The molecule has 0 unspecified atom stereocenters. The third kappa shape index (κ3) is 2.92. The Kier molecular flexibility index (Phi) is 4.45. The molecule has 1 N–H and O–H groups in total. The maximum absolute atomic E-state index is 12.9. The van der Waals surface area contributed by atoms with E-state index in [2.05, 4.69) is 0 Å². The van der Waals surface area contributed by atoms with Crippen LogP contribution in [0, 0.1) is 0 Å². The van der Waals surface area contributed by atoms with Crippen molar-refractivity contribution in [1.82, 2.24) is 0 Å². The Morgan fingerprint density at radius 1 is 1.19 bits per heavy atom. The molecule has 0 fully saturated rings. The fourth-order valence-corrected chi connectivity index (χ4v) is 4.25. The first-order valence-corrected chi connectivity index (χ1v) is 9.48. The van der Waals surface area contributed by atoms with Gasteiger partial charge in [-0.25, -0.2) is 13.2 Å². The summed E-state index contributed by atoms with van der Waals surface area (Å²) >= 11 is 0. The first kappa shape index (κ1) is 17.9. The van der Waals surface area contributed by atoms with Gasteiger partial charge in [0.15, 0.2) is 15.4 Å². The number of rotatable bonds is 5. The van der Waals surface area contributed by atoms with Gasteiger partial charge in [-0.05, 0) is 30.7 Å². The van der Waals surface area contributed by atoms with Gasteiger partial charge in [0.2, 0.25) is 5.43 Å². The smallest absolute Gasteiger partial charge is 0.335 e. The van der Waals surface area contributed by atoms with E-state index in [-0.39, 0.29) is 43.9 Å². The lowest BCUT2D eigenvalue weighted by molar-refractivity contribution is 0.0697. The van der Waals surface area contributed by atoms with Crippen molar-refractivity contribution in [3.8, 4) is 5.75 Å². The molecular formula is C18H16O7S. The minimum atomic E-state index is -3.68. The standard InChI is InChI=1S/C18H16O7S/c1-3-6-26(22,23)15-9-11(24-2)8-13-16(19)12-7-10(18(20)21)4-5-14(12)25-17(13)15/h4-5,7-9H,3,6H2,1-2H3,(H,20,21). The SMILES string of the molecule is CCCS(=O)(=O)c1cc(OC)cc2c(=O)c3cc(C(=O)O)ccc3oc12. The quantitative estimate of drug-likeness (QED) is 0.682. The van der Waals surface area contributed by atoms with Gasteiger partial charge in [0.05, 0.1) is 29.2 Å². The third-order valence-electron chi connectivity index (χ3n) is 4.00. The van der Waals surface area contributed by atoms with Crippen molar-refractivity contribution in [3.63, 3.8) is 0 Å². The van der Waals surface area contributed by atoms with Crippen molar-refractivity contribution in [2.75, 3.05) is 12.9 Å². The highest BCUT2D eigenvalue weighted by molar-refractivity contribution is 7.91. The molecule has 2 aromatic carbocycles. The Hall–Kier alpha value is -2.87. The summed E-state index contributed by atoms with van der Waals surface area (Å²) in [6.07, 6.45) is 0.404. The highest BCUT2D eigenvalue weighted by atomic mass is 32.2. The van der Waals surface area contributed by atoms with Crippen LogP contribution in [0.2, 0.25) is 0 Å². The van der Waals surface area contributed by atoms with Crippen LogP contribution < -0.4 is 10.2 Å². The molecule has 0 atom stereocenters. The second kappa shape index (κ2) is 6.45. The molecule has 0 radical (unpaired) electrons. The molecule has 0 saturated carbocycles. The molecule has 136 valence electrons. The number of carboxylic acid groups (broad SMARTS) is 1. The van der Waals surface area contributed by atoms with Crippen LogP contribution >= 0.6 is 0 Å². The van der Waals surface area contributed by atoms with Crippen LogP contribution in [0.15, 0.2) is 44.4 Å². The number of hydrogen-bond donors (Lipinski definition) is 1. The number of fused-ring (bicyclic) bond motifs is 2. The van der Waals surface area contributed by atoms with E-state index in [0.717, 1.165) is 0 Å². The molecule has 0 spiro atoms. The van der Waals surface area contributed by atoms with Crippen LogP contribution in [-0.2, 0) is 9.84 Å². The molecule has 0 aliphatic heterocycles. The summed E-state index contributed by atoms with van der Waals surface area (Å²) in [5, 5.41) is 9.19. The van der Waals surface area contributed by atoms with Gasteiger partial charge >= 0.3 is 5.97 Å². The summed E-state index contributed by atoms with van der Waals surface area (Å²) in [5.41, 5.74) is -0.521. The molecule has 0 aliphatic carbocycles. The van der Waals surface area contributed by atoms with Crippen molar-refractivity contribution in [2.45, 2.75) is 18.2 Å².